The summed E-state index contributed by atoms with van der Waals surface area (Å²) in [7, 11) is 0. The van der Waals surface area contributed by atoms with Gasteiger partial charge in [0.25, 0.3) is 0 Å². The topological polar surface area (TPSA) is 91.7 Å². The Morgan fingerprint density at radius 3 is 2.50 bits per heavy atom. The quantitative estimate of drug-likeness (QED) is 0.761. The molecule has 0 radical (unpaired) electrons. The lowest BCUT2D eigenvalue weighted by molar-refractivity contribution is -0.178. The van der Waals surface area contributed by atoms with Crippen LogP contribution in [0.1, 0.15) is 39.5 Å². The molecule has 5 nitrogen and oxygen atoms in total. The number of rotatable bonds is 3. The van der Waals surface area contributed by atoms with Crippen molar-refractivity contribution >= 4 is 18.5 Å². The summed E-state index contributed by atoms with van der Waals surface area (Å²) in [5, 5.41) is 20.3. The highest BCUT2D eigenvalue weighted by Crippen LogP contribution is 2.60. The fourth-order valence-corrected chi connectivity index (χ4v) is 4.18. The van der Waals surface area contributed by atoms with Crippen molar-refractivity contribution in [3.63, 3.8) is 0 Å². The number of aliphatic hydroxyl groups is 1. The van der Waals surface area contributed by atoms with Crippen molar-refractivity contribution < 1.29 is 24.6 Å². The zero-order chi connectivity index (χ0) is 15.2. The molecule has 4 atom stereocenters. The van der Waals surface area contributed by atoms with Crippen LogP contribution in [0.5, 0.6) is 0 Å². The molecule has 0 saturated heterocycles. The third kappa shape index (κ3) is 1.62. The van der Waals surface area contributed by atoms with Crippen LogP contribution in [0.4, 0.5) is 0 Å². The average Bonchev–Trinajstić information content (AvgIpc) is 2.40. The number of aldehydes is 2. The summed E-state index contributed by atoms with van der Waals surface area (Å²) in [6, 6.07) is 0. The van der Waals surface area contributed by atoms with Crippen LogP contribution in [0.25, 0.3) is 0 Å². The number of hydrogen-bond donors (Lipinski definition) is 2. The van der Waals surface area contributed by atoms with E-state index >= 15 is 0 Å². The average molecular weight is 280 g/mol. The third-order valence-electron chi connectivity index (χ3n) is 5.60. The van der Waals surface area contributed by atoms with Gasteiger partial charge in [-0.2, -0.15) is 0 Å². The second kappa shape index (κ2) is 4.52. The molecule has 1 fully saturated rings. The van der Waals surface area contributed by atoms with Crippen LogP contribution in [0.3, 0.4) is 0 Å². The molecule has 20 heavy (non-hydrogen) atoms. The van der Waals surface area contributed by atoms with Crippen LogP contribution in [0.2, 0.25) is 0 Å². The monoisotopic (exact) mass is 280 g/mol. The van der Waals surface area contributed by atoms with Gasteiger partial charge >= 0.3 is 5.97 Å². The van der Waals surface area contributed by atoms with Crippen LogP contribution < -0.4 is 0 Å². The summed E-state index contributed by atoms with van der Waals surface area (Å²) < 4.78 is 0. The van der Waals surface area contributed by atoms with Crippen LogP contribution in [-0.2, 0) is 14.4 Å². The van der Waals surface area contributed by atoms with Crippen LogP contribution in [0, 0.1) is 16.7 Å². The summed E-state index contributed by atoms with van der Waals surface area (Å²) in [5.41, 5.74) is -3.75. The van der Waals surface area contributed by atoms with E-state index in [1.54, 1.807) is 13.8 Å². The first-order valence-electron chi connectivity index (χ1n) is 6.84. The Morgan fingerprint density at radius 2 is 2.00 bits per heavy atom. The van der Waals surface area contributed by atoms with Gasteiger partial charge in [0.2, 0.25) is 0 Å². The molecule has 110 valence electrons. The van der Waals surface area contributed by atoms with E-state index in [-0.39, 0.29) is 11.5 Å². The minimum absolute atomic E-state index is 0.0564. The Labute approximate surface area is 117 Å². The molecule has 2 aliphatic rings. The number of carboxylic acid groups (broad SMARTS) is 1. The Hall–Kier alpha value is -1.49. The summed E-state index contributed by atoms with van der Waals surface area (Å²) in [4.78, 5) is 34.3. The number of carboxylic acids is 1. The molecule has 5 heteroatoms. The van der Waals surface area contributed by atoms with Crippen molar-refractivity contribution in [3.8, 4) is 0 Å². The van der Waals surface area contributed by atoms with Gasteiger partial charge in [-0.05, 0) is 32.1 Å². The van der Waals surface area contributed by atoms with E-state index < -0.39 is 22.4 Å². The largest absolute Gasteiger partial charge is 0.481 e. The van der Waals surface area contributed by atoms with Gasteiger partial charge in [-0.25, -0.2) is 0 Å². The molecule has 0 aromatic carbocycles. The van der Waals surface area contributed by atoms with Crippen molar-refractivity contribution in [2.45, 2.75) is 45.1 Å². The number of allylic oxidation sites excluding steroid dienone is 1. The Balaban J connectivity index is 2.61. The molecule has 2 N–H and O–H groups in total. The molecule has 3 unspecified atom stereocenters. The molecule has 0 aromatic rings. The van der Waals surface area contributed by atoms with E-state index in [0.717, 1.165) is 0 Å². The smallest absolute Gasteiger partial charge is 0.309 e. The van der Waals surface area contributed by atoms with Gasteiger partial charge in [-0.3, -0.25) is 14.4 Å². The fourth-order valence-electron chi connectivity index (χ4n) is 4.18. The molecule has 0 aliphatic heterocycles. The van der Waals surface area contributed by atoms with Crippen LogP contribution in [-0.4, -0.2) is 34.4 Å². The lowest BCUT2D eigenvalue weighted by Crippen LogP contribution is -2.62. The molecule has 0 amide bonds. The Kier molecular flexibility index (Phi) is 3.37. The highest BCUT2D eigenvalue weighted by molar-refractivity contribution is 5.88. The molecular formula is C15H20O5. The first-order valence-corrected chi connectivity index (χ1v) is 6.84. The SMILES string of the molecule is CC1(C(=O)O)CCCC2(C)[C@H]1CC=C(C=O)C2(O)C=O. The van der Waals surface area contributed by atoms with Gasteiger partial charge in [0, 0.05) is 11.0 Å². The zero-order valence-electron chi connectivity index (χ0n) is 11.8. The third-order valence-corrected chi connectivity index (χ3v) is 5.60. The van der Waals surface area contributed by atoms with Gasteiger partial charge < -0.3 is 10.2 Å². The molecular weight excluding hydrogens is 260 g/mol. The van der Waals surface area contributed by atoms with Crippen LogP contribution >= 0.6 is 0 Å². The molecule has 2 rings (SSSR count). The lowest BCUT2D eigenvalue weighted by atomic mass is 9.47. The maximum absolute atomic E-state index is 11.7. The highest BCUT2D eigenvalue weighted by atomic mass is 16.4. The van der Waals surface area contributed by atoms with Gasteiger partial charge in [0.15, 0.2) is 11.9 Å². The fraction of sp³-hybridized carbons (Fsp3) is 0.667. The standard InChI is InChI=1S/C15H20O5/c1-13(12(18)19)6-3-7-14(2)11(13)5-4-10(8-16)15(14,20)9-17/h4,8-9,11,20H,3,5-7H2,1-2H3,(H,18,19)/t11-,13?,14?,15?/m0/s1. The Morgan fingerprint density at radius 1 is 1.35 bits per heavy atom. The van der Waals surface area contributed by atoms with Crippen molar-refractivity contribution in [3.05, 3.63) is 11.6 Å². The van der Waals surface area contributed by atoms with Crippen molar-refractivity contribution in [2.24, 2.45) is 16.7 Å². The summed E-state index contributed by atoms with van der Waals surface area (Å²) in [6.45, 7) is 3.39. The maximum atomic E-state index is 11.7. The number of carbonyl (C=O) groups is 3. The van der Waals surface area contributed by atoms with Gasteiger partial charge in [-0.15, -0.1) is 0 Å². The first-order chi connectivity index (χ1) is 9.26. The highest BCUT2D eigenvalue weighted by Gasteiger charge is 2.63. The molecule has 2 aliphatic carbocycles. The van der Waals surface area contributed by atoms with Gasteiger partial charge in [0.1, 0.15) is 6.29 Å². The number of aliphatic carboxylic acids is 1. The van der Waals surface area contributed by atoms with E-state index in [9.17, 15) is 24.6 Å². The van der Waals surface area contributed by atoms with Crippen LogP contribution in [0.15, 0.2) is 11.6 Å². The molecule has 0 bridgehead atoms. The second-order valence-electron chi connectivity index (χ2n) is 6.44. The van der Waals surface area contributed by atoms with E-state index in [2.05, 4.69) is 0 Å². The molecule has 0 heterocycles. The Bertz CT molecular complexity index is 496. The minimum atomic E-state index is -1.89. The summed E-state index contributed by atoms with van der Waals surface area (Å²) >= 11 is 0. The molecule has 0 aromatic heterocycles. The zero-order valence-corrected chi connectivity index (χ0v) is 11.8. The van der Waals surface area contributed by atoms with Crippen molar-refractivity contribution in [1.82, 2.24) is 0 Å². The lowest BCUT2D eigenvalue weighted by Gasteiger charge is -2.57. The summed E-state index contributed by atoms with van der Waals surface area (Å²) in [6.07, 6.45) is 4.46. The van der Waals surface area contributed by atoms with E-state index in [1.807, 2.05) is 0 Å². The minimum Gasteiger partial charge on any atom is -0.481 e. The van der Waals surface area contributed by atoms with Crippen molar-refractivity contribution in [1.29, 1.82) is 0 Å². The van der Waals surface area contributed by atoms with Gasteiger partial charge in [0.05, 0.1) is 5.41 Å². The normalized spacial score (nSPS) is 44.1. The summed E-state index contributed by atoms with van der Waals surface area (Å²) in [5.74, 6) is -1.29. The number of fused-ring (bicyclic) bond motifs is 1. The van der Waals surface area contributed by atoms with Crippen molar-refractivity contribution in [2.75, 3.05) is 0 Å². The molecule has 0 spiro atoms. The predicted molar refractivity (Wildman–Crippen MR) is 71.0 cm³/mol. The van der Waals surface area contributed by atoms with Gasteiger partial charge in [-0.1, -0.05) is 19.4 Å². The predicted octanol–water partition coefficient (Wildman–Crippen LogP) is 1.34. The molecule has 1 saturated carbocycles. The maximum Gasteiger partial charge on any atom is 0.309 e. The first kappa shape index (κ1) is 14.9. The van der Waals surface area contributed by atoms with E-state index in [4.69, 9.17) is 0 Å². The second-order valence-corrected chi connectivity index (χ2v) is 6.44. The van der Waals surface area contributed by atoms with E-state index in [1.165, 1.54) is 6.08 Å². The number of carbonyl (C=O) groups excluding carboxylic acids is 2. The van der Waals surface area contributed by atoms with E-state index in [0.29, 0.717) is 38.3 Å². The number of hydrogen-bond acceptors (Lipinski definition) is 4.